The number of rotatable bonds is 10. The molecule has 0 saturated carbocycles. The quantitative estimate of drug-likeness (QED) is 0.217. The summed E-state index contributed by atoms with van der Waals surface area (Å²) >= 11 is 0. The summed E-state index contributed by atoms with van der Waals surface area (Å²) in [5.41, 5.74) is 1.09. The average Bonchev–Trinajstić information content (AvgIpc) is 3.14. The van der Waals surface area contributed by atoms with Crippen molar-refractivity contribution in [1.29, 1.82) is 0 Å². The topological polar surface area (TPSA) is 85.3 Å². The molecule has 0 aliphatic carbocycles. The third-order valence-electron chi connectivity index (χ3n) is 5.91. The Morgan fingerprint density at radius 2 is 1.62 bits per heavy atom. The van der Waals surface area contributed by atoms with Crippen molar-refractivity contribution in [2.24, 2.45) is 0 Å². The molecule has 1 heterocycles. The van der Waals surface area contributed by atoms with Crippen molar-refractivity contribution < 1.29 is 28.9 Å². The molecule has 3 aromatic rings. The van der Waals surface area contributed by atoms with Gasteiger partial charge >= 0.3 is 0 Å². The first-order valence-corrected chi connectivity index (χ1v) is 12.3. The van der Waals surface area contributed by atoms with Gasteiger partial charge in [0.1, 0.15) is 23.0 Å². The molecule has 1 atom stereocenters. The number of aliphatic hydroxyl groups excluding tert-OH is 1. The Labute approximate surface area is 216 Å². The van der Waals surface area contributed by atoms with Gasteiger partial charge in [-0.3, -0.25) is 9.59 Å². The monoisotopic (exact) mass is 501 g/mol. The van der Waals surface area contributed by atoms with E-state index in [1.54, 1.807) is 42.5 Å². The maximum absolute atomic E-state index is 13.3. The first kappa shape index (κ1) is 26.0. The fraction of sp³-hybridized carbons (Fsp3) is 0.267. The number of benzene rings is 3. The van der Waals surface area contributed by atoms with Crippen LogP contribution in [0.5, 0.6) is 17.2 Å². The molecule has 37 heavy (non-hydrogen) atoms. The van der Waals surface area contributed by atoms with Crippen molar-refractivity contribution in [3.05, 3.63) is 95.6 Å². The van der Waals surface area contributed by atoms with Gasteiger partial charge in [0.15, 0.2) is 0 Å². The van der Waals surface area contributed by atoms with E-state index in [-0.39, 0.29) is 30.6 Å². The van der Waals surface area contributed by atoms with Crippen molar-refractivity contribution in [3.8, 4) is 17.2 Å². The van der Waals surface area contributed by atoms with E-state index >= 15 is 0 Å². The Morgan fingerprint density at radius 3 is 2.30 bits per heavy atom. The highest BCUT2D eigenvalue weighted by Gasteiger charge is 2.46. The molecule has 0 bridgehead atoms. The smallest absolute Gasteiger partial charge is 0.295 e. The molecular formula is C30H31NO6. The number of ketones is 1. The third-order valence-corrected chi connectivity index (χ3v) is 5.91. The molecule has 3 aromatic carbocycles. The van der Waals surface area contributed by atoms with E-state index in [9.17, 15) is 14.7 Å². The minimum Gasteiger partial charge on any atom is -0.507 e. The van der Waals surface area contributed by atoms with E-state index in [0.29, 0.717) is 35.0 Å². The molecule has 1 N–H and O–H groups in total. The van der Waals surface area contributed by atoms with Gasteiger partial charge in [0.25, 0.3) is 11.7 Å². The zero-order valence-electron chi connectivity index (χ0n) is 21.2. The summed E-state index contributed by atoms with van der Waals surface area (Å²) < 4.78 is 17.1. The highest BCUT2D eigenvalue weighted by Crippen LogP contribution is 2.40. The van der Waals surface area contributed by atoms with Crippen molar-refractivity contribution in [2.75, 3.05) is 19.8 Å². The van der Waals surface area contributed by atoms with E-state index in [1.165, 1.54) is 4.90 Å². The predicted molar refractivity (Wildman–Crippen MR) is 141 cm³/mol. The summed E-state index contributed by atoms with van der Waals surface area (Å²) in [4.78, 5) is 27.9. The van der Waals surface area contributed by atoms with Crippen molar-refractivity contribution in [1.82, 2.24) is 4.90 Å². The molecule has 1 amide bonds. The lowest BCUT2D eigenvalue weighted by atomic mass is 9.95. The van der Waals surface area contributed by atoms with Crippen LogP contribution in [-0.2, 0) is 14.3 Å². The summed E-state index contributed by atoms with van der Waals surface area (Å²) in [6.07, 6.45) is -0.0262. The molecule has 1 fully saturated rings. The van der Waals surface area contributed by atoms with Crippen molar-refractivity contribution in [2.45, 2.75) is 32.9 Å². The van der Waals surface area contributed by atoms with Crippen molar-refractivity contribution in [3.63, 3.8) is 0 Å². The van der Waals surface area contributed by atoms with Gasteiger partial charge in [0, 0.05) is 12.1 Å². The van der Waals surface area contributed by atoms with Crippen LogP contribution in [0.4, 0.5) is 0 Å². The van der Waals surface area contributed by atoms with E-state index < -0.39 is 17.7 Å². The van der Waals surface area contributed by atoms with E-state index in [0.717, 1.165) is 0 Å². The summed E-state index contributed by atoms with van der Waals surface area (Å²) in [7, 11) is 0. The molecule has 192 valence electrons. The Hall–Kier alpha value is -4.10. The fourth-order valence-corrected chi connectivity index (χ4v) is 4.25. The number of para-hydroxylation sites is 1. The highest BCUT2D eigenvalue weighted by atomic mass is 16.5. The Balaban J connectivity index is 1.75. The molecule has 7 heteroatoms. The number of likely N-dealkylation sites (tertiary alicyclic amines) is 1. The number of carbonyl (C=O) groups excluding carboxylic acids is 2. The second-order valence-corrected chi connectivity index (χ2v) is 8.86. The highest BCUT2D eigenvalue weighted by molar-refractivity contribution is 6.46. The van der Waals surface area contributed by atoms with Gasteiger partial charge in [-0.25, -0.2) is 0 Å². The molecule has 0 spiro atoms. The third kappa shape index (κ3) is 6.01. The molecule has 1 aliphatic rings. The first-order chi connectivity index (χ1) is 17.9. The zero-order chi connectivity index (χ0) is 26.4. The second kappa shape index (κ2) is 11.8. The molecule has 7 nitrogen and oxygen atoms in total. The van der Waals surface area contributed by atoms with Crippen molar-refractivity contribution >= 4 is 17.4 Å². The molecule has 1 unspecified atom stereocenters. The zero-order valence-corrected chi connectivity index (χ0v) is 21.2. The summed E-state index contributed by atoms with van der Waals surface area (Å²) in [6.45, 7) is 6.65. The number of nitrogens with zero attached hydrogens (tertiary/aromatic N) is 1. The fourth-order valence-electron chi connectivity index (χ4n) is 4.25. The van der Waals surface area contributed by atoms with Gasteiger partial charge < -0.3 is 24.2 Å². The molecule has 4 rings (SSSR count). The van der Waals surface area contributed by atoms with Crippen LogP contribution in [0.2, 0.25) is 0 Å². The summed E-state index contributed by atoms with van der Waals surface area (Å²) in [5.74, 6) is 0.192. The number of aliphatic hydroxyl groups is 1. The lowest BCUT2D eigenvalue weighted by Crippen LogP contribution is -2.33. The number of hydrogen-bond acceptors (Lipinski definition) is 6. The molecular weight excluding hydrogens is 470 g/mol. The number of carbonyl (C=O) groups is 2. The molecule has 1 aliphatic heterocycles. The van der Waals surface area contributed by atoms with E-state index in [2.05, 4.69) is 0 Å². The number of Topliss-reactive ketones (excluding diaryl/α,β-unsaturated/α-hetero) is 1. The van der Waals surface area contributed by atoms with Crippen LogP contribution in [-0.4, -0.2) is 47.6 Å². The normalized spacial score (nSPS) is 16.9. The van der Waals surface area contributed by atoms with E-state index in [4.69, 9.17) is 14.2 Å². The number of hydrogen-bond donors (Lipinski definition) is 1. The lowest BCUT2D eigenvalue weighted by Gasteiger charge is -2.26. The predicted octanol–water partition coefficient (Wildman–Crippen LogP) is 5.72. The van der Waals surface area contributed by atoms with Crippen LogP contribution in [0.1, 0.15) is 37.9 Å². The van der Waals surface area contributed by atoms with Gasteiger partial charge in [-0.15, -0.1) is 0 Å². The van der Waals surface area contributed by atoms with Crippen LogP contribution in [0, 0.1) is 0 Å². The van der Waals surface area contributed by atoms with Gasteiger partial charge in [-0.2, -0.15) is 0 Å². The Morgan fingerprint density at radius 1 is 0.919 bits per heavy atom. The molecule has 1 saturated heterocycles. The molecule has 0 aromatic heterocycles. The lowest BCUT2D eigenvalue weighted by molar-refractivity contribution is -0.140. The van der Waals surface area contributed by atoms with Crippen LogP contribution < -0.4 is 9.47 Å². The number of amides is 1. The minimum atomic E-state index is -0.804. The van der Waals surface area contributed by atoms with Gasteiger partial charge in [-0.1, -0.05) is 30.3 Å². The average molecular weight is 502 g/mol. The van der Waals surface area contributed by atoms with Crippen LogP contribution >= 0.6 is 0 Å². The van der Waals surface area contributed by atoms with Crippen LogP contribution in [0.25, 0.3) is 5.76 Å². The standard InChI is InChI=1S/C30H31NO6/c1-4-35-23-15-13-21(14-16-23)28(32)26-27(31(30(34)29(26)33)17-18-36-20(2)3)22-9-8-12-25(19-22)37-24-10-6-5-7-11-24/h5-16,19-20,27,32H,4,17-18H2,1-3H3/b28-26-. The maximum atomic E-state index is 13.3. The van der Waals surface area contributed by atoms with Gasteiger partial charge in [0.2, 0.25) is 0 Å². The molecule has 0 radical (unpaired) electrons. The Kier molecular flexibility index (Phi) is 8.25. The van der Waals surface area contributed by atoms with E-state index in [1.807, 2.05) is 57.2 Å². The largest absolute Gasteiger partial charge is 0.507 e. The minimum absolute atomic E-state index is 0.0237. The summed E-state index contributed by atoms with van der Waals surface area (Å²) in [6, 6.07) is 22.5. The maximum Gasteiger partial charge on any atom is 0.295 e. The van der Waals surface area contributed by atoms with Gasteiger partial charge in [-0.05, 0) is 74.9 Å². The Bertz CT molecular complexity index is 1270. The van der Waals surface area contributed by atoms with Crippen LogP contribution in [0.15, 0.2) is 84.4 Å². The second-order valence-electron chi connectivity index (χ2n) is 8.86. The number of ether oxygens (including phenoxy) is 3. The van der Waals surface area contributed by atoms with Crippen LogP contribution in [0.3, 0.4) is 0 Å². The van der Waals surface area contributed by atoms with Gasteiger partial charge in [0.05, 0.1) is 30.9 Å². The summed E-state index contributed by atoms with van der Waals surface area (Å²) in [5, 5.41) is 11.3. The SMILES string of the molecule is CCOc1ccc(/C(O)=C2/C(=O)C(=O)N(CCOC(C)C)C2c2cccc(Oc3ccccc3)c2)cc1. The first-order valence-electron chi connectivity index (χ1n) is 12.3.